The molecule has 2 aliphatic rings. The number of amides is 1. The zero-order chi connectivity index (χ0) is 27.5. The molecule has 0 radical (unpaired) electrons. The maximum atomic E-state index is 12.6. The summed E-state index contributed by atoms with van der Waals surface area (Å²) >= 11 is 0. The molecule has 5 rings (SSSR count). The zero-order valence-electron chi connectivity index (χ0n) is 22.6. The van der Waals surface area contributed by atoms with Crippen LogP contribution in [0.2, 0.25) is 0 Å². The van der Waals surface area contributed by atoms with Crippen molar-refractivity contribution in [2.75, 3.05) is 13.1 Å². The summed E-state index contributed by atoms with van der Waals surface area (Å²) in [5.74, 6) is 0.830. The van der Waals surface area contributed by atoms with Gasteiger partial charge in [-0.05, 0) is 72.7 Å². The molecule has 2 aliphatic heterocycles. The van der Waals surface area contributed by atoms with Gasteiger partial charge in [-0.3, -0.25) is 4.98 Å². The third-order valence-electron chi connectivity index (χ3n) is 7.81. The predicted octanol–water partition coefficient (Wildman–Crippen LogP) is 5.96. The molecule has 7 nitrogen and oxygen atoms in total. The molecule has 39 heavy (non-hydrogen) atoms. The van der Waals surface area contributed by atoms with Crippen molar-refractivity contribution in [1.29, 1.82) is 0 Å². The summed E-state index contributed by atoms with van der Waals surface area (Å²) in [6, 6.07) is 19.3. The van der Waals surface area contributed by atoms with Crippen LogP contribution in [0.3, 0.4) is 0 Å². The van der Waals surface area contributed by atoms with E-state index >= 15 is 0 Å². The fourth-order valence-corrected chi connectivity index (χ4v) is 6.71. The van der Waals surface area contributed by atoms with Gasteiger partial charge in [0.2, 0.25) is 0 Å². The van der Waals surface area contributed by atoms with Gasteiger partial charge in [0.05, 0.1) is 17.2 Å². The molecule has 3 heterocycles. The molecule has 1 fully saturated rings. The molecular formula is C31H36N2O5S. The molecule has 0 N–H and O–H groups in total. The van der Waals surface area contributed by atoms with Gasteiger partial charge in [-0.15, -0.1) is 0 Å². The molecule has 3 aromatic rings. The van der Waals surface area contributed by atoms with E-state index in [1.807, 2.05) is 44.2 Å². The van der Waals surface area contributed by atoms with Gasteiger partial charge in [-0.25, -0.2) is 13.2 Å². The molecular weight excluding hydrogens is 512 g/mol. The summed E-state index contributed by atoms with van der Waals surface area (Å²) in [4.78, 5) is 18.3. The summed E-state index contributed by atoms with van der Waals surface area (Å²) in [5, 5.41) is 0. The standard InChI is InChI=1S/C31H36N2O5S/c1-3-23(2)37-30(34)33-18-15-31(16-19-33)14-13-27-20-26(11-12-29(27)38-31)25-9-7-24(8-10-25)21-39(35,36)22-28-6-4-5-17-32-28/h4-12,17,20,23H,3,13-16,18-19,21-22H2,1-2H3. The van der Waals surface area contributed by atoms with Crippen LogP contribution in [0.4, 0.5) is 4.79 Å². The lowest BCUT2D eigenvalue weighted by Crippen LogP contribution is -2.51. The van der Waals surface area contributed by atoms with Crippen molar-refractivity contribution < 1.29 is 22.7 Å². The number of hydrogen-bond donors (Lipinski definition) is 0. The maximum absolute atomic E-state index is 12.6. The highest BCUT2D eigenvalue weighted by Crippen LogP contribution is 2.41. The van der Waals surface area contributed by atoms with Gasteiger partial charge < -0.3 is 14.4 Å². The number of sulfone groups is 1. The fourth-order valence-electron chi connectivity index (χ4n) is 5.29. The van der Waals surface area contributed by atoms with E-state index in [9.17, 15) is 13.2 Å². The van der Waals surface area contributed by atoms with Crippen molar-refractivity contribution in [1.82, 2.24) is 9.88 Å². The van der Waals surface area contributed by atoms with Crippen LogP contribution in [0.15, 0.2) is 66.9 Å². The lowest BCUT2D eigenvalue weighted by atomic mass is 9.82. The molecule has 0 bridgehead atoms. The van der Waals surface area contributed by atoms with E-state index in [2.05, 4.69) is 17.1 Å². The number of nitrogens with zero attached hydrogens (tertiary/aromatic N) is 2. The van der Waals surface area contributed by atoms with E-state index in [4.69, 9.17) is 9.47 Å². The second kappa shape index (κ2) is 11.4. The number of fused-ring (bicyclic) bond motifs is 1. The Hall–Kier alpha value is -3.39. The number of likely N-dealkylation sites (tertiary alicyclic amines) is 1. The first-order valence-corrected chi connectivity index (χ1v) is 15.5. The Morgan fingerprint density at radius 2 is 1.77 bits per heavy atom. The average Bonchev–Trinajstić information content (AvgIpc) is 2.93. The molecule has 2 aromatic carbocycles. The van der Waals surface area contributed by atoms with Gasteiger partial charge in [0.1, 0.15) is 17.5 Å². The summed E-state index contributed by atoms with van der Waals surface area (Å²) < 4.78 is 37.3. The number of aromatic nitrogens is 1. The largest absolute Gasteiger partial charge is 0.487 e. The number of aryl methyl sites for hydroxylation is 1. The number of piperidine rings is 1. The SMILES string of the molecule is CCC(C)OC(=O)N1CCC2(CCc3cc(-c4ccc(CS(=O)(=O)Cc5ccccn5)cc4)ccc3O2)CC1. The minimum Gasteiger partial charge on any atom is -0.487 e. The van der Waals surface area contributed by atoms with Crippen LogP contribution < -0.4 is 4.74 Å². The molecule has 1 saturated heterocycles. The highest BCUT2D eigenvalue weighted by molar-refractivity contribution is 7.89. The van der Waals surface area contributed by atoms with Gasteiger partial charge in [0, 0.05) is 32.1 Å². The van der Waals surface area contributed by atoms with Gasteiger partial charge in [0.15, 0.2) is 9.84 Å². The number of hydrogen-bond acceptors (Lipinski definition) is 6. The highest BCUT2D eigenvalue weighted by atomic mass is 32.2. The molecule has 0 saturated carbocycles. The quantitative estimate of drug-likeness (QED) is 0.362. The molecule has 206 valence electrons. The van der Waals surface area contributed by atoms with Gasteiger partial charge in [-0.2, -0.15) is 0 Å². The summed E-state index contributed by atoms with van der Waals surface area (Å²) in [6.07, 6.45) is 5.57. The first-order chi connectivity index (χ1) is 18.7. The number of benzene rings is 2. The molecule has 1 atom stereocenters. The van der Waals surface area contributed by atoms with Crippen LogP contribution in [-0.2, 0) is 32.5 Å². The van der Waals surface area contributed by atoms with Crippen LogP contribution in [0.5, 0.6) is 5.75 Å². The Labute approximate surface area is 231 Å². The first-order valence-electron chi connectivity index (χ1n) is 13.7. The summed E-state index contributed by atoms with van der Waals surface area (Å²) in [5.41, 5.74) is 4.39. The van der Waals surface area contributed by atoms with Crippen molar-refractivity contribution in [2.24, 2.45) is 0 Å². The lowest BCUT2D eigenvalue weighted by Gasteiger charge is -2.44. The van der Waals surface area contributed by atoms with E-state index in [0.29, 0.717) is 18.8 Å². The van der Waals surface area contributed by atoms with Crippen LogP contribution in [0, 0.1) is 0 Å². The van der Waals surface area contributed by atoms with Crippen LogP contribution >= 0.6 is 0 Å². The van der Waals surface area contributed by atoms with Crippen molar-refractivity contribution in [3.05, 3.63) is 83.7 Å². The normalized spacial score (nSPS) is 17.2. The zero-order valence-corrected chi connectivity index (χ0v) is 23.5. The Morgan fingerprint density at radius 3 is 2.46 bits per heavy atom. The van der Waals surface area contributed by atoms with Crippen molar-refractivity contribution in [3.63, 3.8) is 0 Å². The maximum Gasteiger partial charge on any atom is 0.410 e. The smallest absolute Gasteiger partial charge is 0.410 e. The van der Waals surface area contributed by atoms with Crippen molar-refractivity contribution in [3.8, 4) is 16.9 Å². The van der Waals surface area contributed by atoms with Crippen LogP contribution in [-0.4, -0.2) is 49.2 Å². The second-order valence-electron chi connectivity index (χ2n) is 10.7. The molecule has 1 amide bonds. The van der Waals surface area contributed by atoms with Crippen molar-refractivity contribution in [2.45, 2.75) is 69.2 Å². The van der Waals surface area contributed by atoms with E-state index in [0.717, 1.165) is 54.5 Å². The minimum atomic E-state index is -3.31. The third kappa shape index (κ3) is 6.61. The van der Waals surface area contributed by atoms with E-state index in [-0.39, 0.29) is 29.3 Å². The fraction of sp³-hybridized carbons (Fsp3) is 0.419. The van der Waals surface area contributed by atoms with Crippen molar-refractivity contribution >= 4 is 15.9 Å². The van der Waals surface area contributed by atoms with E-state index < -0.39 is 9.84 Å². The Bertz CT molecular complexity index is 1400. The van der Waals surface area contributed by atoms with Gasteiger partial charge in [-0.1, -0.05) is 43.3 Å². The minimum absolute atomic E-state index is 0.0171. The lowest BCUT2D eigenvalue weighted by molar-refractivity contribution is -0.0183. The Morgan fingerprint density at radius 1 is 1.03 bits per heavy atom. The first kappa shape index (κ1) is 27.2. The Kier molecular flexibility index (Phi) is 7.93. The van der Waals surface area contributed by atoms with Crippen LogP contribution in [0.25, 0.3) is 11.1 Å². The summed E-state index contributed by atoms with van der Waals surface area (Å²) in [7, 11) is -3.31. The summed E-state index contributed by atoms with van der Waals surface area (Å²) in [6.45, 7) is 5.22. The Balaban J connectivity index is 1.20. The van der Waals surface area contributed by atoms with Gasteiger partial charge >= 0.3 is 6.09 Å². The molecule has 1 unspecified atom stereocenters. The van der Waals surface area contributed by atoms with E-state index in [1.165, 1.54) is 5.56 Å². The number of carbonyl (C=O) groups is 1. The molecule has 0 aliphatic carbocycles. The molecule has 8 heteroatoms. The third-order valence-corrected chi connectivity index (χ3v) is 9.32. The average molecular weight is 549 g/mol. The molecule has 1 aromatic heterocycles. The van der Waals surface area contributed by atoms with Crippen LogP contribution in [0.1, 0.15) is 56.4 Å². The topological polar surface area (TPSA) is 85.8 Å². The number of ether oxygens (including phenoxy) is 2. The monoisotopic (exact) mass is 548 g/mol. The number of pyridine rings is 1. The number of rotatable bonds is 7. The highest BCUT2D eigenvalue weighted by Gasteiger charge is 2.41. The molecule has 1 spiro atoms. The number of carbonyl (C=O) groups excluding carboxylic acids is 1. The van der Waals surface area contributed by atoms with Gasteiger partial charge in [0.25, 0.3) is 0 Å². The predicted molar refractivity (Wildman–Crippen MR) is 151 cm³/mol. The van der Waals surface area contributed by atoms with E-state index in [1.54, 1.807) is 29.3 Å². The second-order valence-corrected chi connectivity index (χ2v) is 12.8.